The van der Waals surface area contributed by atoms with Crippen molar-refractivity contribution in [1.29, 1.82) is 0 Å². The molecule has 28 heavy (non-hydrogen) atoms. The number of rotatable bonds is 6. The number of carbonyl (C=O) groups is 1. The predicted molar refractivity (Wildman–Crippen MR) is 110 cm³/mol. The Morgan fingerprint density at radius 3 is 2.32 bits per heavy atom. The van der Waals surface area contributed by atoms with Crippen molar-refractivity contribution < 1.29 is 13.2 Å². The third-order valence-corrected chi connectivity index (χ3v) is 6.55. The molecule has 2 amide bonds. The van der Waals surface area contributed by atoms with Crippen LogP contribution in [-0.4, -0.2) is 45.0 Å². The maximum absolute atomic E-state index is 12.5. The summed E-state index contributed by atoms with van der Waals surface area (Å²) in [6.07, 6.45) is 1.95. The van der Waals surface area contributed by atoms with Crippen LogP contribution in [0.3, 0.4) is 0 Å². The van der Waals surface area contributed by atoms with Gasteiger partial charge in [0.25, 0.3) is 0 Å². The molecular formula is C20H24ClN3O3S. The molecule has 0 unspecified atom stereocenters. The van der Waals surface area contributed by atoms with Crippen molar-refractivity contribution in [3.8, 4) is 0 Å². The number of sulfonamides is 1. The molecule has 0 radical (unpaired) electrons. The standard InChI is InChI=1S/C20H24ClN3O3S/c21-17-6-8-19(9-7-17)28(26,27)23-18-11-14-24(15-12-18)20(25)22-13-10-16-4-2-1-3-5-16/h1-9,18,23H,10-15H2,(H,22,25). The van der Waals surface area contributed by atoms with Gasteiger partial charge in [-0.1, -0.05) is 41.9 Å². The van der Waals surface area contributed by atoms with Gasteiger partial charge in [0, 0.05) is 30.7 Å². The van der Waals surface area contributed by atoms with E-state index in [1.807, 2.05) is 30.3 Å². The second kappa shape index (κ2) is 9.41. The van der Waals surface area contributed by atoms with Gasteiger partial charge in [-0.15, -0.1) is 0 Å². The summed E-state index contributed by atoms with van der Waals surface area (Å²) in [5, 5.41) is 3.42. The minimum absolute atomic E-state index is 0.102. The first-order chi connectivity index (χ1) is 13.4. The van der Waals surface area contributed by atoms with Crippen molar-refractivity contribution in [2.45, 2.75) is 30.2 Å². The first kappa shape index (κ1) is 20.6. The topological polar surface area (TPSA) is 78.5 Å². The normalized spacial score (nSPS) is 15.4. The van der Waals surface area contributed by atoms with E-state index in [9.17, 15) is 13.2 Å². The predicted octanol–water partition coefficient (Wildman–Crippen LogP) is 3.04. The number of amides is 2. The molecule has 3 rings (SSSR count). The minimum Gasteiger partial charge on any atom is -0.338 e. The fourth-order valence-corrected chi connectivity index (χ4v) is 4.60. The Balaban J connectivity index is 1.43. The smallest absolute Gasteiger partial charge is 0.317 e. The number of hydrogen-bond donors (Lipinski definition) is 2. The summed E-state index contributed by atoms with van der Waals surface area (Å²) >= 11 is 5.81. The zero-order chi connectivity index (χ0) is 20.0. The quantitative estimate of drug-likeness (QED) is 0.752. The zero-order valence-electron chi connectivity index (χ0n) is 15.5. The third-order valence-electron chi connectivity index (χ3n) is 4.76. The summed E-state index contributed by atoms with van der Waals surface area (Å²) in [7, 11) is -3.59. The maximum atomic E-state index is 12.5. The van der Waals surface area contributed by atoms with Crippen LogP contribution in [0.4, 0.5) is 4.79 Å². The van der Waals surface area contributed by atoms with Crippen LogP contribution >= 0.6 is 11.6 Å². The Morgan fingerprint density at radius 2 is 1.68 bits per heavy atom. The Bertz CT molecular complexity index is 881. The van der Waals surface area contributed by atoms with Gasteiger partial charge >= 0.3 is 6.03 Å². The van der Waals surface area contributed by atoms with Crippen LogP contribution in [0.5, 0.6) is 0 Å². The van der Waals surface area contributed by atoms with Crippen LogP contribution < -0.4 is 10.0 Å². The van der Waals surface area contributed by atoms with E-state index in [1.54, 1.807) is 17.0 Å². The highest BCUT2D eigenvalue weighted by Gasteiger charge is 2.26. The number of benzene rings is 2. The Kier molecular flexibility index (Phi) is 6.93. The van der Waals surface area contributed by atoms with Crippen LogP contribution in [0, 0.1) is 0 Å². The van der Waals surface area contributed by atoms with E-state index in [4.69, 9.17) is 11.6 Å². The molecule has 0 aromatic heterocycles. The molecule has 2 aromatic rings. The Labute approximate surface area is 170 Å². The SMILES string of the molecule is O=C(NCCc1ccccc1)N1CCC(NS(=O)(=O)c2ccc(Cl)cc2)CC1. The van der Waals surface area contributed by atoms with Crippen molar-refractivity contribution in [3.05, 3.63) is 65.2 Å². The van der Waals surface area contributed by atoms with E-state index in [1.165, 1.54) is 17.7 Å². The lowest BCUT2D eigenvalue weighted by Crippen LogP contribution is -2.49. The average Bonchev–Trinajstić information content (AvgIpc) is 2.69. The number of hydrogen-bond acceptors (Lipinski definition) is 3. The van der Waals surface area contributed by atoms with Crippen LogP contribution in [0.25, 0.3) is 0 Å². The molecule has 0 atom stereocenters. The molecule has 0 bridgehead atoms. The van der Waals surface area contributed by atoms with Crippen LogP contribution in [-0.2, 0) is 16.4 Å². The van der Waals surface area contributed by atoms with Crippen LogP contribution in [0.2, 0.25) is 5.02 Å². The highest BCUT2D eigenvalue weighted by Crippen LogP contribution is 2.17. The van der Waals surface area contributed by atoms with E-state index in [-0.39, 0.29) is 17.0 Å². The summed E-state index contributed by atoms with van der Waals surface area (Å²) < 4.78 is 27.6. The second-order valence-corrected chi connectivity index (χ2v) is 8.95. The largest absolute Gasteiger partial charge is 0.338 e. The molecule has 1 heterocycles. The van der Waals surface area contributed by atoms with E-state index in [2.05, 4.69) is 10.0 Å². The van der Waals surface area contributed by atoms with E-state index in [0.29, 0.717) is 37.5 Å². The van der Waals surface area contributed by atoms with Crippen molar-refractivity contribution in [2.75, 3.05) is 19.6 Å². The molecular weight excluding hydrogens is 398 g/mol. The number of piperidine rings is 1. The molecule has 150 valence electrons. The number of carbonyl (C=O) groups excluding carboxylic acids is 1. The number of nitrogens with one attached hydrogen (secondary N) is 2. The molecule has 1 saturated heterocycles. The van der Waals surface area contributed by atoms with Gasteiger partial charge in [-0.3, -0.25) is 0 Å². The van der Waals surface area contributed by atoms with Crippen molar-refractivity contribution in [3.63, 3.8) is 0 Å². The zero-order valence-corrected chi connectivity index (χ0v) is 17.0. The summed E-state index contributed by atoms with van der Waals surface area (Å²) in [6.45, 7) is 1.61. The molecule has 2 aromatic carbocycles. The number of urea groups is 1. The number of halogens is 1. The summed E-state index contributed by atoms with van der Waals surface area (Å²) in [6, 6.07) is 15.8. The minimum atomic E-state index is -3.59. The van der Waals surface area contributed by atoms with Gasteiger partial charge in [0.05, 0.1) is 4.90 Å². The Morgan fingerprint density at radius 1 is 1.04 bits per heavy atom. The lowest BCUT2D eigenvalue weighted by Gasteiger charge is -2.32. The van der Waals surface area contributed by atoms with Gasteiger partial charge in [-0.05, 0) is 49.1 Å². The van der Waals surface area contributed by atoms with E-state index < -0.39 is 10.0 Å². The number of likely N-dealkylation sites (tertiary alicyclic amines) is 1. The monoisotopic (exact) mass is 421 g/mol. The first-order valence-corrected chi connectivity index (χ1v) is 11.1. The highest BCUT2D eigenvalue weighted by molar-refractivity contribution is 7.89. The maximum Gasteiger partial charge on any atom is 0.317 e. The average molecular weight is 422 g/mol. The molecule has 1 aliphatic rings. The van der Waals surface area contributed by atoms with Crippen LogP contribution in [0.1, 0.15) is 18.4 Å². The van der Waals surface area contributed by atoms with Gasteiger partial charge < -0.3 is 10.2 Å². The van der Waals surface area contributed by atoms with Gasteiger partial charge in [0.2, 0.25) is 10.0 Å². The first-order valence-electron chi connectivity index (χ1n) is 9.29. The molecule has 2 N–H and O–H groups in total. The van der Waals surface area contributed by atoms with Gasteiger partial charge in [-0.2, -0.15) is 0 Å². The molecule has 0 spiro atoms. The lowest BCUT2D eigenvalue weighted by atomic mass is 10.1. The second-order valence-electron chi connectivity index (χ2n) is 6.80. The van der Waals surface area contributed by atoms with E-state index >= 15 is 0 Å². The molecule has 1 aliphatic heterocycles. The van der Waals surface area contributed by atoms with Crippen LogP contribution in [0.15, 0.2) is 59.5 Å². The lowest BCUT2D eigenvalue weighted by molar-refractivity contribution is 0.180. The van der Waals surface area contributed by atoms with Gasteiger partial charge in [0.15, 0.2) is 0 Å². The van der Waals surface area contributed by atoms with Gasteiger partial charge in [0.1, 0.15) is 0 Å². The number of nitrogens with zero attached hydrogens (tertiary/aromatic N) is 1. The molecule has 0 saturated carbocycles. The summed E-state index contributed by atoms with van der Waals surface area (Å²) in [4.78, 5) is 14.2. The highest BCUT2D eigenvalue weighted by atomic mass is 35.5. The van der Waals surface area contributed by atoms with Gasteiger partial charge in [-0.25, -0.2) is 17.9 Å². The molecule has 8 heteroatoms. The molecule has 6 nitrogen and oxygen atoms in total. The third kappa shape index (κ3) is 5.70. The van der Waals surface area contributed by atoms with Crippen molar-refractivity contribution >= 4 is 27.7 Å². The summed E-state index contributed by atoms with van der Waals surface area (Å²) in [5.41, 5.74) is 1.18. The Hall–Kier alpha value is -2.09. The summed E-state index contributed by atoms with van der Waals surface area (Å²) in [5.74, 6) is 0. The fourth-order valence-electron chi connectivity index (χ4n) is 3.17. The molecule has 0 aliphatic carbocycles. The van der Waals surface area contributed by atoms with Crippen molar-refractivity contribution in [2.24, 2.45) is 0 Å². The van der Waals surface area contributed by atoms with Crippen molar-refractivity contribution in [1.82, 2.24) is 14.9 Å². The van der Waals surface area contributed by atoms with E-state index in [0.717, 1.165) is 6.42 Å². The molecule has 1 fully saturated rings. The fraction of sp³-hybridized carbons (Fsp3) is 0.350.